The van der Waals surface area contributed by atoms with Gasteiger partial charge in [0.1, 0.15) is 18.5 Å². The number of hydrogen-bond donors (Lipinski definition) is 2. The first-order chi connectivity index (χ1) is 7.90. The molecule has 3 nitrogen and oxygen atoms in total. The highest BCUT2D eigenvalue weighted by atomic mass is 32.2. The summed E-state index contributed by atoms with van der Waals surface area (Å²) in [5.41, 5.74) is 0.878. The van der Waals surface area contributed by atoms with Crippen molar-refractivity contribution in [3.8, 4) is 5.75 Å². The van der Waals surface area contributed by atoms with Crippen molar-refractivity contribution in [2.45, 2.75) is 16.5 Å². The number of rotatable bonds is 5. The molecule has 0 saturated heterocycles. The van der Waals surface area contributed by atoms with Gasteiger partial charge in [-0.2, -0.15) is 13.2 Å². The number of alkyl halides is 3. The van der Waals surface area contributed by atoms with Crippen molar-refractivity contribution in [1.29, 1.82) is 0 Å². The van der Waals surface area contributed by atoms with Crippen molar-refractivity contribution in [2.75, 3.05) is 13.2 Å². The molecule has 1 rings (SSSR count). The van der Waals surface area contributed by atoms with Gasteiger partial charge in [-0.15, -0.1) is 0 Å². The van der Waals surface area contributed by atoms with E-state index in [1.807, 2.05) is 0 Å². The van der Waals surface area contributed by atoms with Crippen LogP contribution in [-0.4, -0.2) is 29.9 Å². The normalized spacial score (nSPS) is 13.5. The zero-order valence-electron chi connectivity index (χ0n) is 8.78. The molecule has 0 bridgehead atoms. The van der Waals surface area contributed by atoms with Crippen LogP contribution < -0.4 is 10.5 Å². The smallest absolute Gasteiger partial charge is 0.446 e. The summed E-state index contributed by atoms with van der Waals surface area (Å²) < 4.78 is 41.2. The lowest BCUT2D eigenvalue weighted by Crippen LogP contribution is -2.26. The van der Waals surface area contributed by atoms with Crippen LogP contribution in [0.2, 0.25) is 0 Å². The van der Waals surface area contributed by atoms with Gasteiger partial charge in [0, 0.05) is 11.4 Å². The Labute approximate surface area is 101 Å². The Bertz CT molecular complexity index is 342. The van der Waals surface area contributed by atoms with Crippen molar-refractivity contribution in [1.82, 2.24) is 0 Å². The van der Waals surface area contributed by atoms with E-state index in [9.17, 15) is 13.2 Å². The SMILES string of the molecule is NCC(O)COc1ccc(SC(F)(F)F)cc1. The number of halogens is 3. The minimum atomic E-state index is -4.29. The Morgan fingerprint density at radius 3 is 2.35 bits per heavy atom. The van der Waals surface area contributed by atoms with Gasteiger partial charge in [-0.25, -0.2) is 0 Å². The van der Waals surface area contributed by atoms with E-state index in [0.717, 1.165) is 0 Å². The second-order valence-corrected chi connectivity index (χ2v) is 4.36. The molecule has 0 radical (unpaired) electrons. The number of aliphatic hydroxyl groups excluding tert-OH is 1. The number of ether oxygens (including phenoxy) is 1. The van der Waals surface area contributed by atoms with E-state index in [0.29, 0.717) is 5.75 Å². The van der Waals surface area contributed by atoms with Gasteiger partial charge in [0.25, 0.3) is 0 Å². The summed E-state index contributed by atoms with van der Waals surface area (Å²) in [4.78, 5) is 0.0872. The molecular formula is C10H12F3NO2S. The lowest BCUT2D eigenvalue weighted by Gasteiger charge is -2.11. The first-order valence-corrected chi connectivity index (χ1v) is 5.59. The second kappa shape index (κ2) is 6.13. The molecule has 96 valence electrons. The zero-order chi connectivity index (χ0) is 12.9. The zero-order valence-corrected chi connectivity index (χ0v) is 9.59. The largest absolute Gasteiger partial charge is 0.491 e. The molecule has 0 fully saturated rings. The van der Waals surface area contributed by atoms with Crippen LogP contribution in [0.4, 0.5) is 13.2 Å². The molecule has 0 spiro atoms. The average molecular weight is 267 g/mol. The quantitative estimate of drug-likeness (QED) is 0.801. The lowest BCUT2D eigenvalue weighted by atomic mass is 10.3. The van der Waals surface area contributed by atoms with Gasteiger partial charge in [-0.05, 0) is 36.0 Å². The van der Waals surface area contributed by atoms with Gasteiger partial charge in [0.05, 0.1) is 0 Å². The second-order valence-electron chi connectivity index (χ2n) is 3.22. The van der Waals surface area contributed by atoms with Gasteiger partial charge in [0.2, 0.25) is 0 Å². The van der Waals surface area contributed by atoms with Crippen LogP contribution >= 0.6 is 11.8 Å². The van der Waals surface area contributed by atoms with E-state index in [-0.39, 0.29) is 29.8 Å². The van der Waals surface area contributed by atoms with Gasteiger partial charge < -0.3 is 15.6 Å². The maximum absolute atomic E-state index is 12.0. The van der Waals surface area contributed by atoms with E-state index in [1.54, 1.807) is 0 Å². The van der Waals surface area contributed by atoms with Crippen LogP contribution in [0.3, 0.4) is 0 Å². The fraction of sp³-hybridized carbons (Fsp3) is 0.400. The molecule has 1 aromatic rings. The number of hydrogen-bond acceptors (Lipinski definition) is 4. The van der Waals surface area contributed by atoms with Crippen molar-refractivity contribution in [3.05, 3.63) is 24.3 Å². The monoisotopic (exact) mass is 267 g/mol. The lowest BCUT2D eigenvalue weighted by molar-refractivity contribution is -0.0328. The summed E-state index contributed by atoms with van der Waals surface area (Å²) in [6.07, 6.45) is -0.778. The molecule has 0 aromatic heterocycles. The van der Waals surface area contributed by atoms with Crippen LogP contribution in [0.25, 0.3) is 0 Å². The van der Waals surface area contributed by atoms with Gasteiger partial charge in [-0.1, -0.05) is 0 Å². The first-order valence-electron chi connectivity index (χ1n) is 4.77. The Hall–Kier alpha value is -0.920. The van der Waals surface area contributed by atoms with Crippen LogP contribution in [0.1, 0.15) is 0 Å². The van der Waals surface area contributed by atoms with Crippen molar-refractivity contribution in [3.63, 3.8) is 0 Å². The van der Waals surface area contributed by atoms with E-state index < -0.39 is 11.6 Å². The summed E-state index contributed by atoms with van der Waals surface area (Å²) in [6, 6.07) is 5.44. The van der Waals surface area contributed by atoms with Gasteiger partial charge >= 0.3 is 5.51 Å². The number of aliphatic hydroxyl groups is 1. The molecule has 17 heavy (non-hydrogen) atoms. The summed E-state index contributed by atoms with van der Waals surface area (Å²) in [6.45, 7) is 0.0876. The Kier molecular flexibility index (Phi) is 5.10. The molecule has 1 atom stereocenters. The third-order valence-corrected chi connectivity index (χ3v) is 2.51. The van der Waals surface area contributed by atoms with Crippen LogP contribution in [0.5, 0.6) is 5.75 Å². The topological polar surface area (TPSA) is 55.5 Å². The Morgan fingerprint density at radius 1 is 1.29 bits per heavy atom. The standard InChI is InChI=1S/C10H12F3NO2S/c11-10(12,13)17-9-3-1-8(2-4-9)16-6-7(15)5-14/h1-4,7,15H,5-6,14H2. The molecule has 1 unspecified atom stereocenters. The van der Waals surface area contributed by atoms with E-state index in [2.05, 4.69) is 0 Å². The predicted molar refractivity (Wildman–Crippen MR) is 58.9 cm³/mol. The summed E-state index contributed by atoms with van der Waals surface area (Å²) >= 11 is -0.187. The van der Waals surface area contributed by atoms with E-state index >= 15 is 0 Å². The van der Waals surface area contributed by atoms with Crippen molar-refractivity contribution >= 4 is 11.8 Å². The fourth-order valence-corrected chi connectivity index (χ4v) is 1.54. The highest BCUT2D eigenvalue weighted by Gasteiger charge is 2.28. The number of thioether (sulfide) groups is 1. The summed E-state index contributed by atoms with van der Waals surface area (Å²) in [7, 11) is 0. The number of nitrogens with two attached hydrogens (primary N) is 1. The average Bonchev–Trinajstić information content (AvgIpc) is 2.25. The Balaban J connectivity index is 2.50. The molecule has 0 amide bonds. The maximum atomic E-state index is 12.0. The summed E-state index contributed by atoms with van der Waals surface area (Å²) in [5, 5.41) is 9.12. The highest BCUT2D eigenvalue weighted by molar-refractivity contribution is 8.00. The third kappa shape index (κ3) is 5.81. The minimum absolute atomic E-state index is 0.0161. The molecule has 0 aliphatic heterocycles. The molecule has 1 aromatic carbocycles. The molecule has 0 aliphatic carbocycles. The Morgan fingerprint density at radius 2 is 1.88 bits per heavy atom. The van der Waals surface area contributed by atoms with Crippen LogP contribution in [-0.2, 0) is 0 Å². The number of benzene rings is 1. The van der Waals surface area contributed by atoms with Gasteiger partial charge in [-0.3, -0.25) is 0 Å². The van der Waals surface area contributed by atoms with E-state index in [4.69, 9.17) is 15.6 Å². The first kappa shape index (κ1) is 14.1. The molecule has 7 heteroatoms. The van der Waals surface area contributed by atoms with Crippen molar-refractivity contribution < 1.29 is 23.0 Å². The fourth-order valence-electron chi connectivity index (χ4n) is 0.998. The molecule has 0 saturated carbocycles. The molecule has 0 heterocycles. The third-order valence-electron chi connectivity index (χ3n) is 1.77. The van der Waals surface area contributed by atoms with Crippen molar-refractivity contribution in [2.24, 2.45) is 5.73 Å². The molecule has 3 N–H and O–H groups in total. The predicted octanol–water partition coefficient (Wildman–Crippen LogP) is 2.00. The molecular weight excluding hydrogens is 255 g/mol. The molecule has 0 aliphatic rings. The van der Waals surface area contributed by atoms with Crippen LogP contribution in [0, 0.1) is 0 Å². The van der Waals surface area contributed by atoms with Gasteiger partial charge in [0.15, 0.2) is 0 Å². The maximum Gasteiger partial charge on any atom is 0.446 e. The van der Waals surface area contributed by atoms with Crippen LogP contribution in [0.15, 0.2) is 29.2 Å². The van der Waals surface area contributed by atoms with E-state index in [1.165, 1.54) is 24.3 Å². The highest BCUT2D eigenvalue weighted by Crippen LogP contribution is 2.37. The minimum Gasteiger partial charge on any atom is -0.491 e. The summed E-state index contributed by atoms with van der Waals surface area (Å²) in [5.74, 6) is 0.393.